The quantitative estimate of drug-likeness (QED) is 0.783. The number of fused-ring (bicyclic) bond motifs is 3. The number of carbonyl (C=O) groups excluding carboxylic acids is 1. The van der Waals surface area contributed by atoms with Crippen molar-refractivity contribution in [3.63, 3.8) is 0 Å². The highest BCUT2D eigenvalue weighted by Crippen LogP contribution is 2.36. The van der Waals surface area contributed by atoms with Crippen molar-refractivity contribution in [3.05, 3.63) is 35.4 Å². The Hall–Kier alpha value is -1.25. The van der Waals surface area contributed by atoms with Crippen LogP contribution in [0, 0.1) is 11.8 Å². The molecular weight excluding hydrogens is 399 g/mol. The second-order valence-corrected chi connectivity index (χ2v) is 9.62. The van der Waals surface area contributed by atoms with Gasteiger partial charge in [0.2, 0.25) is 0 Å². The van der Waals surface area contributed by atoms with Gasteiger partial charge in [0.25, 0.3) is 5.91 Å². The molecule has 29 heavy (non-hydrogen) atoms. The lowest BCUT2D eigenvalue weighted by Crippen LogP contribution is -2.58. The molecule has 0 saturated carbocycles. The molecule has 4 atom stereocenters. The van der Waals surface area contributed by atoms with E-state index < -0.39 is 11.7 Å². The Balaban J connectivity index is 1.27. The molecule has 4 heterocycles. The van der Waals surface area contributed by atoms with Crippen LogP contribution in [0.15, 0.2) is 24.3 Å². The first kappa shape index (κ1) is 21.0. The average molecular weight is 428 g/mol. The summed E-state index contributed by atoms with van der Waals surface area (Å²) in [7, 11) is 0. The molecule has 4 fully saturated rings. The number of halogens is 3. The van der Waals surface area contributed by atoms with Gasteiger partial charge in [0, 0.05) is 55.8 Å². The van der Waals surface area contributed by atoms with Crippen LogP contribution < -0.4 is 5.32 Å². The predicted molar refractivity (Wildman–Crippen MR) is 109 cm³/mol. The fraction of sp³-hybridized carbons (Fsp3) is 0.667. The lowest BCUT2D eigenvalue weighted by atomic mass is 9.75. The van der Waals surface area contributed by atoms with E-state index in [1.54, 1.807) is 0 Å². The molecule has 1 unspecified atom stereocenters. The first-order chi connectivity index (χ1) is 13.9. The molecule has 0 aliphatic carbocycles. The molecule has 1 N–H and O–H groups in total. The van der Waals surface area contributed by atoms with Crippen LogP contribution in [-0.2, 0) is 6.18 Å². The summed E-state index contributed by atoms with van der Waals surface area (Å²) in [6.07, 6.45) is -2.05. The van der Waals surface area contributed by atoms with Gasteiger partial charge in [0.1, 0.15) is 0 Å². The number of amides is 1. The van der Waals surface area contributed by atoms with E-state index in [-0.39, 0.29) is 11.5 Å². The van der Waals surface area contributed by atoms with Crippen LogP contribution in [0.1, 0.15) is 28.8 Å². The SMILES string of the molecule is O=C(NC[C@@H]1C[C@H]2CCN1C[C@@H]2CN1CCSCC1)c1ccc(C(F)(F)F)cc1. The molecule has 4 aliphatic rings. The largest absolute Gasteiger partial charge is 0.416 e. The number of hydrogen-bond acceptors (Lipinski definition) is 4. The zero-order valence-corrected chi connectivity index (χ0v) is 17.3. The van der Waals surface area contributed by atoms with Gasteiger partial charge in [-0.25, -0.2) is 0 Å². The topological polar surface area (TPSA) is 35.6 Å². The van der Waals surface area contributed by atoms with Crippen molar-refractivity contribution in [1.82, 2.24) is 15.1 Å². The first-order valence-corrected chi connectivity index (χ1v) is 11.6. The summed E-state index contributed by atoms with van der Waals surface area (Å²) in [6, 6.07) is 4.76. The van der Waals surface area contributed by atoms with Gasteiger partial charge in [0.05, 0.1) is 5.56 Å². The number of carbonyl (C=O) groups is 1. The molecular formula is C21H28F3N3OS. The standard InChI is InChI=1S/C21H28F3N3OS/c22-21(23,24)18-3-1-15(2-4-18)20(28)25-12-19-11-16-5-6-27(19)14-17(16)13-26-7-9-29-10-8-26/h1-4,16-17,19H,5-14H2,(H,25,28)/t16-,17+,19+/m1/s1. The fourth-order valence-corrected chi connectivity index (χ4v) is 5.89. The fourth-order valence-electron chi connectivity index (χ4n) is 4.91. The third kappa shape index (κ3) is 5.09. The van der Waals surface area contributed by atoms with Crippen LogP contribution >= 0.6 is 11.8 Å². The molecule has 160 valence electrons. The number of nitrogens with one attached hydrogen (secondary N) is 1. The Morgan fingerprint density at radius 3 is 2.48 bits per heavy atom. The predicted octanol–water partition coefficient (Wildman–Crippen LogP) is 3.19. The van der Waals surface area contributed by atoms with Crippen LogP contribution in [0.4, 0.5) is 13.2 Å². The number of alkyl halides is 3. The monoisotopic (exact) mass is 427 g/mol. The van der Waals surface area contributed by atoms with Gasteiger partial charge in [0.15, 0.2) is 0 Å². The molecule has 4 nitrogen and oxygen atoms in total. The van der Waals surface area contributed by atoms with Crippen molar-refractivity contribution in [1.29, 1.82) is 0 Å². The van der Waals surface area contributed by atoms with E-state index in [0.29, 0.717) is 24.4 Å². The molecule has 0 spiro atoms. The highest BCUT2D eigenvalue weighted by Gasteiger charge is 2.40. The molecule has 0 radical (unpaired) electrons. The lowest BCUT2D eigenvalue weighted by molar-refractivity contribution is -0.137. The van der Waals surface area contributed by atoms with Crippen molar-refractivity contribution in [2.75, 3.05) is 50.8 Å². The van der Waals surface area contributed by atoms with Crippen LogP contribution in [-0.4, -0.2) is 72.5 Å². The summed E-state index contributed by atoms with van der Waals surface area (Å²) < 4.78 is 38.0. The number of nitrogens with zero attached hydrogens (tertiary/aromatic N) is 2. The molecule has 0 aromatic heterocycles. The summed E-state index contributed by atoms with van der Waals surface area (Å²) in [4.78, 5) is 17.5. The molecule has 1 amide bonds. The van der Waals surface area contributed by atoms with Crippen molar-refractivity contribution in [2.45, 2.75) is 25.1 Å². The van der Waals surface area contributed by atoms with E-state index in [0.717, 1.165) is 31.6 Å². The van der Waals surface area contributed by atoms with Gasteiger partial charge in [-0.05, 0) is 55.5 Å². The van der Waals surface area contributed by atoms with Gasteiger partial charge < -0.3 is 10.2 Å². The molecule has 8 heteroatoms. The van der Waals surface area contributed by atoms with E-state index in [2.05, 4.69) is 15.1 Å². The van der Waals surface area contributed by atoms with E-state index >= 15 is 0 Å². The lowest BCUT2D eigenvalue weighted by Gasteiger charge is -2.51. The number of hydrogen-bond donors (Lipinski definition) is 1. The highest BCUT2D eigenvalue weighted by molar-refractivity contribution is 7.99. The van der Waals surface area contributed by atoms with Gasteiger partial charge in [-0.3, -0.25) is 9.69 Å². The highest BCUT2D eigenvalue weighted by atomic mass is 32.2. The summed E-state index contributed by atoms with van der Waals surface area (Å²) in [5, 5.41) is 2.93. The number of piperidine rings is 3. The summed E-state index contributed by atoms with van der Waals surface area (Å²) >= 11 is 2.04. The van der Waals surface area contributed by atoms with E-state index in [9.17, 15) is 18.0 Å². The third-order valence-electron chi connectivity index (χ3n) is 6.58. The molecule has 2 bridgehead atoms. The normalized spacial score (nSPS) is 30.3. The second-order valence-electron chi connectivity index (χ2n) is 8.39. The maximum Gasteiger partial charge on any atom is 0.416 e. The Labute approximate surface area is 174 Å². The summed E-state index contributed by atoms with van der Waals surface area (Å²) in [5.41, 5.74) is -0.460. The van der Waals surface area contributed by atoms with Crippen molar-refractivity contribution >= 4 is 17.7 Å². The zero-order chi connectivity index (χ0) is 20.4. The van der Waals surface area contributed by atoms with E-state index in [4.69, 9.17) is 0 Å². The minimum absolute atomic E-state index is 0.273. The minimum Gasteiger partial charge on any atom is -0.350 e. The second kappa shape index (κ2) is 8.86. The van der Waals surface area contributed by atoms with E-state index in [1.807, 2.05) is 11.8 Å². The van der Waals surface area contributed by atoms with Crippen molar-refractivity contribution in [2.24, 2.45) is 11.8 Å². The van der Waals surface area contributed by atoms with Crippen molar-refractivity contribution in [3.8, 4) is 0 Å². The van der Waals surface area contributed by atoms with Gasteiger partial charge in [-0.15, -0.1) is 0 Å². The van der Waals surface area contributed by atoms with Crippen LogP contribution in [0.3, 0.4) is 0 Å². The van der Waals surface area contributed by atoms with Crippen LogP contribution in [0.2, 0.25) is 0 Å². The average Bonchev–Trinajstić information content (AvgIpc) is 2.73. The first-order valence-electron chi connectivity index (χ1n) is 10.4. The maximum absolute atomic E-state index is 12.7. The molecule has 1 aromatic carbocycles. The van der Waals surface area contributed by atoms with Crippen LogP contribution in [0.25, 0.3) is 0 Å². The van der Waals surface area contributed by atoms with Gasteiger partial charge >= 0.3 is 6.18 Å². The summed E-state index contributed by atoms with van der Waals surface area (Å²) in [6.45, 7) is 6.31. The minimum atomic E-state index is -4.38. The Morgan fingerprint density at radius 1 is 1.14 bits per heavy atom. The number of rotatable bonds is 5. The summed E-state index contributed by atoms with van der Waals surface area (Å²) in [5.74, 6) is 3.60. The van der Waals surface area contributed by atoms with Gasteiger partial charge in [-0.1, -0.05) is 0 Å². The van der Waals surface area contributed by atoms with Crippen molar-refractivity contribution < 1.29 is 18.0 Å². The third-order valence-corrected chi connectivity index (χ3v) is 7.53. The number of thioether (sulfide) groups is 1. The number of benzene rings is 1. The smallest absolute Gasteiger partial charge is 0.350 e. The molecule has 4 aliphatic heterocycles. The van der Waals surface area contributed by atoms with Gasteiger partial charge in [-0.2, -0.15) is 24.9 Å². The Morgan fingerprint density at radius 2 is 1.86 bits per heavy atom. The Kier molecular flexibility index (Phi) is 6.41. The molecule has 1 aromatic rings. The van der Waals surface area contributed by atoms with E-state index in [1.165, 1.54) is 49.7 Å². The Bertz CT molecular complexity index is 706. The molecule has 5 rings (SSSR count). The maximum atomic E-state index is 12.7. The zero-order valence-electron chi connectivity index (χ0n) is 16.5. The van der Waals surface area contributed by atoms with Crippen LogP contribution in [0.5, 0.6) is 0 Å². The molecule has 4 saturated heterocycles.